The maximum absolute atomic E-state index is 6.26. The van der Waals surface area contributed by atoms with Crippen LogP contribution in [0.4, 0.5) is 0 Å². The molecule has 0 bridgehead atoms. The van der Waals surface area contributed by atoms with Crippen molar-refractivity contribution in [3.8, 4) is 0 Å². The number of hydrogen-bond acceptors (Lipinski definition) is 3. The molecule has 18 heavy (non-hydrogen) atoms. The topological polar surface area (TPSA) is 38.5 Å². The molecule has 0 spiro atoms. The fourth-order valence-corrected chi connectivity index (χ4v) is 3.53. The summed E-state index contributed by atoms with van der Waals surface area (Å²) in [7, 11) is 0. The molecular weight excluding hydrogens is 224 g/mol. The fourth-order valence-electron chi connectivity index (χ4n) is 3.53. The fraction of sp³-hybridized carbons (Fsp3) is 1.00. The van der Waals surface area contributed by atoms with E-state index < -0.39 is 0 Å². The van der Waals surface area contributed by atoms with Gasteiger partial charge in [-0.3, -0.25) is 0 Å². The second kappa shape index (κ2) is 7.46. The number of hydrogen-bond donors (Lipinski definition) is 1. The summed E-state index contributed by atoms with van der Waals surface area (Å²) in [5.41, 5.74) is 6.26. The molecule has 0 aromatic carbocycles. The molecule has 0 radical (unpaired) electrons. The van der Waals surface area contributed by atoms with Crippen LogP contribution in [0.1, 0.15) is 45.4 Å². The summed E-state index contributed by atoms with van der Waals surface area (Å²) in [6, 6.07) is 0.450. The average Bonchev–Trinajstić information content (AvgIpc) is 2.40. The molecule has 3 atom stereocenters. The lowest BCUT2D eigenvalue weighted by Gasteiger charge is -2.38. The Morgan fingerprint density at radius 3 is 2.78 bits per heavy atom. The number of piperidine rings is 1. The van der Waals surface area contributed by atoms with E-state index in [0.717, 1.165) is 25.0 Å². The summed E-state index contributed by atoms with van der Waals surface area (Å²) >= 11 is 0. The summed E-state index contributed by atoms with van der Waals surface area (Å²) in [6.45, 7) is 7.61. The van der Waals surface area contributed by atoms with Crippen LogP contribution >= 0.6 is 0 Å². The Kier molecular flexibility index (Phi) is 5.93. The maximum atomic E-state index is 6.26. The molecule has 1 heterocycles. The van der Waals surface area contributed by atoms with Crippen molar-refractivity contribution in [2.75, 3.05) is 32.8 Å². The molecule has 1 unspecified atom stereocenters. The molecule has 0 amide bonds. The Bertz CT molecular complexity index is 235. The van der Waals surface area contributed by atoms with Crippen LogP contribution in [0.25, 0.3) is 0 Å². The number of nitrogens with zero attached hydrogens (tertiary/aromatic N) is 1. The van der Waals surface area contributed by atoms with Crippen molar-refractivity contribution in [1.82, 2.24) is 4.90 Å². The van der Waals surface area contributed by atoms with E-state index in [0.29, 0.717) is 6.04 Å². The lowest BCUT2D eigenvalue weighted by Crippen LogP contribution is -2.45. The molecule has 106 valence electrons. The largest absolute Gasteiger partial charge is 0.381 e. The van der Waals surface area contributed by atoms with Gasteiger partial charge in [0.15, 0.2) is 0 Å². The van der Waals surface area contributed by atoms with Gasteiger partial charge in [0.05, 0.1) is 6.61 Å². The lowest BCUT2D eigenvalue weighted by molar-refractivity contribution is 0.0574. The first kappa shape index (κ1) is 14.3. The molecule has 1 aliphatic heterocycles. The maximum Gasteiger partial charge on any atom is 0.0506 e. The Morgan fingerprint density at radius 2 is 2.00 bits per heavy atom. The van der Waals surface area contributed by atoms with Gasteiger partial charge in [-0.1, -0.05) is 12.8 Å². The average molecular weight is 254 g/mol. The van der Waals surface area contributed by atoms with Gasteiger partial charge in [-0.25, -0.2) is 0 Å². The van der Waals surface area contributed by atoms with Crippen LogP contribution in [-0.4, -0.2) is 43.8 Å². The molecule has 1 aliphatic carbocycles. The van der Waals surface area contributed by atoms with Gasteiger partial charge in [-0.2, -0.15) is 0 Å². The van der Waals surface area contributed by atoms with Crippen molar-refractivity contribution >= 4 is 0 Å². The van der Waals surface area contributed by atoms with Gasteiger partial charge >= 0.3 is 0 Å². The number of nitrogens with two attached hydrogens (primary N) is 1. The first-order valence-corrected chi connectivity index (χ1v) is 7.85. The first-order valence-electron chi connectivity index (χ1n) is 7.85. The van der Waals surface area contributed by atoms with Crippen LogP contribution in [0.5, 0.6) is 0 Å². The van der Waals surface area contributed by atoms with Gasteiger partial charge in [0, 0.05) is 25.7 Å². The minimum absolute atomic E-state index is 0.450. The molecule has 1 saturated heterocycles. The van der Waals surface area contributed by atoms with Gasteiger partial charge in [0.25, 0.3) is 0 Å². The van der Waals surface area contributed by atoms with Crippen LogP contribution in [0.15, 0.2) is 0 Å². The highest BCUT2D eigenvalue weighted by Gasteiger charge is 2.26. The van der Waals surface area contributed by atoms with Gasteiger partial charge < -0.3 is 15.4 Å². The Labute approximate surface area is 112 Å². The molecule has 2 N–H and O–H groups in total. The van der Waals surface area contributed by atoms with E-state index in [2.05, 4.69) is 11.8 Å². The van der Waals surface area contributed by atoms with E-state index in [1.165, 1.54) is 58.2 Å². The van der Waals surface area contributed by atoms with Crippen LogP contribution in [-0.2, 0) is 4.74 Å². The Balaban J connectivity index is 1.74. The van der Waals surface area contributed by atoms with Gasteiger partial charge in [0.2, 0.25) is 0 Å². The predicted octanol–water partition coefficient (Wildman–Crippen LogP) is 2.25. The third-order valence-electron chi connectivity index (χ3n) is 4.62. The summed E-state index contributed by atoms with van der Waals surface area (Å²) in [5.74, 6) is 1.49. The van der Waals surface area contributed by atoms with Crippen molar-refractivity contribution in [3.63, 3.8) is 0 Å². The predicted molar refractivity (Wildman–Crippen MR) is 75.6 cm³/mol. The van der Waals surface area contributed by atoms with Crippen molar-refractivity contribution in [2.45, 2.75) is 51.5 Å². The van der Waals surface area contributed by atoms with Crippen molar-refractivity contribution in [3.05, 3.63) is 0 Å². The molecule has 0 aromatic heterocycles. The molecule has 3 nitrogen and oxygen atoms in total. The van der Waals surface area contributed by atoms with Crippen LogP contribution in [0.2, 0.25) is 0 Å². The van der Waals surface area contributed by atoms with Crippen LogP contribution < -0.4 is 5.73 Å². The van der Waals surface area contributed by atoms with E-state index in [9.17, 15) is 0 Å². The minimum atomic E-state index is 0.450. The highest BCUT2D eigenvalue weighted by molar-refractivity contribution is 4.82. The third kappa shape index (κ3) is 4.22. The lowest BCUT2D eigenvalue weighted by atomic mass is 9.84. The zero-order valence-electron chi connectivity index (χ0n) is 11.9. The standard InChI is InChI=1S/C15H30N2O/c1-2-18-12-13-6-5-9-17(10-13)11-14-7-3-4-8-15(14)16/h13-15H,2-12,16H2,1H3/t13?,14-,15+/m1/s1. The van der Waals surface area contributed by atoms with Crippen LogP contribution in [0, 0.1) is 11.8 Å². The highest BCUT2D eigenvalue weighted by Crippen LogP contribution is 2.26. The summed E-state index contributed by atoms with van der Waals surface area (Å²) < 4.78 is 5.58. The minimum Gasteiger partial charge on any atom is -0.381 e. The van der Waals surface area contributed by atoms with E-state index in [4.69, 9.17) is 10.5 Å². The quantitative estimate of drug-likeness (QED) is 0.818. The van der Waals surface area contributed by atoms with Gasteiger partial charge in [-0.05, 0) is 51.0 Å². The summed E-state index contributed by atoms with van der Waals surface area (Å²) in [6.07, 6.45) is 7.97. The van der Waals surface area contributed by atoms with E-state index in [-0.39, 0.29) is 0 Å². The number of likely N-dealkylation sites (tertiary alicyclic amines) is 1. The normalized spacial score (nSPS) is 34.7. The van der Waals surface area contributed by atoms with Crippen molar-refractivity contribution in [2.24, 2.45) is 17.6 Å². The molecular formula is C15H30N2O. The number of ether oxygens (including phenoxy) is 1. The van der Waals surface area contributed by atoms with E-state index in [1.807, 2.05) is 0 Å². The molecule has 0 aromatic rings. The van der Waals surface area contributed by atoms with Gasteiger partial charge in [-0.15, -0.1) is 0 Å². The van der Waals surface area contributed by atoms with E-state index >= 15 is 0 Å². The summed E-state index contributed by atoms with van der Waals surface area (Å²) in [4.78, 5) is 2.64. The second-order valence-corrected chi connectivity index (χ2v) is 6.14. The zero-order chi connectivity index (χ0) is 12.8. The second-order valence-electron chi connectivity index (χ2n) is 6.14. The summed E-state index contributed by atoms with van der Waals surface area (Å²) in [5, 5.41) is 0. The molecule has 2 rings (SSSR count). The molecule has 3 heteroatoms. The van der Waals surface area contributed by atoms with Crippen molar-refractivity contribution < 1.29 is 4.74 Å². The van der Waals surface area contributed by atoms with Crippen molar-refractivity contribution in [1.29, 1.82) is 0 Å². The molecule has 1 saturated carbocycles. The van der Waals surface area contributed by atoms with E-state index in [1.54, 1.807) is 0 Å². The Hall–Kier alpha value is -0.120. The SMILES string of the molecule is CCOCC1CCCN(C[C@H]2CCCC[C@@H]2N)C1. The third-order valence-corrected chi connectivity index (χ3v) is 4.62. The smallest absolute Gasteiger partial charge is 0.0506 e. The van der Waals surface area contributed by atoms with Crippen LogP contribution in [0.3, 0.4) is 0 Å². The van der Waals surface area contributed by atoms with Gasteiger partial charge in [0.1, 0.15) is 0 Å². The molecule has 2 fully saturated rings. The Morgan fingerprint density at radius 1 is 1.17 bits per heavy atom. The first-order chi connectivity index (χ1) is 8.79. The zero-order valence-corrected chi connectivity index (χ0v) is 11.9. The molecule has 2 aliphatic rings. The number of rotatable bonds is 5. The monoisotopic (exact) mass is 254 g/mol. The highest BCUT2D eigenvalue weighted by atomic mass is 16.5.